The molecular weight excluding hydrogens is 366 g/mol. The Morgan fingerprint density at radius 3 is 2.31 bits per heavy atom. The van der Waals surface area contributed by atoms with Crippen molar-refractivity contribution in [3.63, 3.8) is 0 Å². The number of ether oxygens (including phenoxy) is 1. The molecule has 152 valence electrons. The first-order chi connectivity index (χ1) is 14.0. The SMILES string of the molecule is CC(C)OCCN1C(=O)C(O)=C(C(=O)CCc2ccccc2)C1c1ccccc1. The third kappa shape index (κ3) is 4.93. The standard InChI is InChI=1S/C24H27NO4/c1-17(2)29-16-15-25-22(19-11-7-4-8-12-19)21(23(27)24(25)28)20(26)14-13-18-9-5-3-6-10-18/h3-12,17,22,27H,13-16H2,1-2H3. The molecule has 1 heterocycles. The molecule has 0 saturated carbocycles. The Hall–Kier alpha value is -2.92. The number of aliphatic hydroxyl groups is 1. The Kier molecular flexibility index (Phi) is 6.83. The summed E-state index contributed by atoms with van der Waals surface area (Å²) in [7, 11) is 0. The van der Waals surface area contributed by atoms with E-state index in [9.17, 15) is 14.7 Å². The molecule has 1 amide bonds. The van der Waals surface area contributed by atoms with Crippen LogP contribution in [-0.4, -0.2) is 41.0 Å². The van der Waals surface area contributed by atoms with Crippen LogP contribution < -0.4 is 0 Å². The van der Waals surface area contributed by atoms with E-state index in [1.807, 2.05) is 74.5 Å². The van der Waals surface area contributed by atoms with Crippen molar-refractivity contribution >= 4 is 11.7 Å². The minimum Gasteiger partial charge on any atom is -0.503 e. The lowest BCUT2D eigenvalue weighted by Crippen LogP contribution is -2.34. The highest BCUT2D eigenvalue weighted by atomic mass is 16.5. The lowest BCUT2D eigenvalue weighted by Gasteiger charge is -2.27. The Bertz CT molecular complexity index is 874. The fraction of sp³-hybridized carbons (Fsp3) is 0.333. The lowest BCUT2D eigenvalue weighted by atomic mass is 9.93. The summed E-state index contributed by atoms with van der Waals surface area (Å²) < 4.78 is 5.59. The van der Waals surface area contributed by atoms with Crippen molar-refractivity contribution in [1.82, 2.24) is 4.90 Å². The first-order valence-corrected chi connectivity index (χ1v) is 9.96. The molecule has 1 atom stereocenters. The molecule has 29 heavy (non-hydrogen) atoms. The fourth-order valence-corrected chi connectivity index (χ4v) is 3.57. The number of Topliss-reactive ketones (excluding diaryl/α,β-unsaturated/α-hetero) is 1. The molecule has 0 aliphatic carbocycles. The molecule has 0 fully saturated rings. The highest BCUT2D eigenvalue weighted by Crippen LogP contribution is 2.38. The number of nitrogens with zero attached hydrogens (tertiary/aromatic N) is 1. The molecule has 0 aromatic heterocycles. The van der Waals surface area contributed by atoms with Gasteiger partial charge in [-0.05, 0) is 31.4 Å². The van der Waals surface area contributed by atoms with Gasteiger partial charge in [0, 0.05) is 13.0 Å². The number of benzene rings is 2. The van der Waals surface area contributed by atoms with Gasteiger partial charge in [-0.3, -0.25) is 9.59 Å². The van der Waals surface area contributed by atoms with Crippen molar-refractivity contribution in [1.29, 1.82) is 0 Å². The molecule has 1 unspecified atom stereocenters. The van der Waals surface area contributed by atoms with E-state index >= 15 is 0 Å². The van der Waals surface area contributed by atoms with E-state index in [4.69, 9.17) is 4.74 Å². The Morgan fingerprint density at radius 2 is 1.69 bits per heavy atom. The van der Waals surface area contributed by atoms with E-state index in [0.29, 0.717) is 19.6 Å². The minimum atomic E-state index is -0.595. The molecule has 0 saturated heterocycles. The first kappa shape index (κ1) is 20.8. The van der Waals surface area contributed by atoms with Gasteiger partial charge in [0.1, 0.15) is 0 Å². The number of aliphatic hydroxyl groups excluding tert-OH is 1. The number of hydrogen-bond acceptors (Lipinski definition) is 4. The highest BCUT2D eigenvalue weighted by molar-refractivity contribution is 6.09. The lowest BCUT2D eigenvalue weighted by molar-refractivity contribution is -0.130. The maximum absolute atomic E-state index is 13.1. The number of ketones is 1. The van der Waals surface area contributed by atoms with E-state index in [1.54, 1.807) is 0 Å². The van der Waals surface area contributed by atoms with Gasteiger partial charge in [-0.1, -0.05) is 60.7 Å². The van der Waals surface area contributed by atoms with Gasteiger partial charge >= 0.3 is 0 Å². The molecular formula is C24H27NO4. The second-order valence-electron chi connectivity index (χ2n) is 7.40. The molecule has 2 aromatic rings. The molecule has 2 aromatic carbocycles. The summed E-state index contributed by atoms with van der Waals surface area (Å²) in [5.41, 5.74) is 2.03. The zero-order valence-electron chi connectivity index (χ0n) is 16.9. The molecule has 1 aliphatic heterocycles. The zero-order valence-corrected chi connectivity index (χ0v) is 16.9. The summed E-state index contributed by atoms with van der Waals surface area (Å²) in [6.45, 7) is 4.49. The van der Waals surface area contributed by atoms with Crippen LogP contribution in [0.5, 0.6) is 0 Å². The second-order valence-corrected chi connectivity index (χ2v) is 7.40. The monoisotopic (exact) mass is 393 g/mol. The summed E-state index contributed by atoms with van der Waals surface area (Å²) in [6.07, 6.45) is 0.829. The van der Waals surface area contributed by atoms with Crippen LogP contribution in [0.25, 0.3) is 0 Å². The van der Waals surface area contributed by atoms with Gasteiger partial charge in [0.25, 0.3) is 5.91 Å². The van der Waals surface area contributed by atoms with Crippen molar-refractivity contribution in [3.8, 4) is 0 Å². The van der Waals surface area contributed by atoms with E-state index < -0.39 is 17.7 Å². The predicted molar refractivity (Wildman–Crippen MR) is 111 cm³/mol. The van der Waals surface area contributed by atoms with Crippen molar-refractivity contribution in [2.75, 3.05) is 13.2 Å². The predicted octanol–water partition coefficient (Wildman–Crippen LogP) is 4.01. The minimum absolute atomic E-state index is 0.0383. The molecule has 5 heteroatoms. The summed E-state index contributed by atoms with van der Waals surface area (Å²) in [6, 6.07) is 18.5. The fourth-order valence-electron chi connectivity index (χ4n) is 3.57. The molecule has 0 spiro atoms. The quantitative estimate of drug-likeness (QED) is 0.699. The van der Waals surface area contributed by atoms with Crippen molar-refractivity contribution in [2.24, 2.45) is 0 Å². The van der Waals surface area contributed by atoms with Crippen LogP contribution in [0.1, 0.15) is 37.4 Å². The number of aryl methyl sites for hydroxylation is 1. The van der Waals surface area contributed by atoms with Crippen LogP contribution in [0.3, 0.4) is 0 Å². The normalized spacial score (nSPS) is 16.7. The van der Waals surface area contributed by atoms with Gasteiger partial charge in [0.2, 0.25) is 0 Å². The van der Waals surface area contributed by atoms with Crippen LogP contribution in [0, 0.1) is 0 Å². The van der Waals surface area contributed by atoms with Gasteiger partial charge in [-0.15, -0.1) is 0 Å². The average molecular weight is 393 g/mol. The first-order valence-electron chi connectivity index (χ1n) is 9.96. The maximum Gasteiger partial charge on any atom is 0.290 e. The topological polar surface area (TPSA) is 66.8 Å². The molecule has 5 nitrogen and oxygen atoms in total. The van der Waals surface area contributed by atoms with E-state index in [1.165, 1.54) is 4.90 Å². The Morgan fingerprint density at radius 1 is 1.07 bits per heavy atom. The number of hydrogen-bond donors (Lipinski definition) is 1. The van der Waals surface area contributed by atoms with E-state index in [2.05, 4.69) is 0 Å². The third-order valence-corrected chi connectivity index (χ3v) is 4.99. The second kappa shape index (κ2) is 9.52. The smallest absolute Gasteiger partial charge is 0.290 e. The van der Waals surface area contributed by atoms with Gasteiger partial charge < -0.3 is 14.7 Å². The summed E-state index contributed by atoms with van der Waals surface area (Å²) in [4.78, 5) is 27.4. The van der Waals surface area contributed by atoms with E-state index in [-0.39, 0.29) is 23.9 Å². The van der Waals surface area contributed by atoms with Gasteiger partial charge in [-0.25, -0.2) is 0 Å². The van der Waals surface area contributed by atoms with Gasteiger partial charge in [-0.2, -0.15) is 0 Å². The van der Waals surface area contributed by atoms with Crippen molar-refractivity contribution in [3.05, 3.63) is 83.1 Å². The zero-order chi connectivity index (χ0) is 20.8. The van der Waals surface area contributed by atoms with Gasteiger partial charge in [0.15, 0.2) is 11.5 Å². The summed E-state index contributed by atoms with van der Waals surface area (Å²) in [5, 5.41) is 10.6. The summed E-state index contributed by atoms with van der Waals surface area (Å²) >= 11 is 0. The van der Waals surface area contributed by atoms with Crippen molar-refractivity contribution < 1.29 is 19.4 Å². The number of amides is 1. The van der Waals surface area contributed by atoms with Crippen LogP contribution in [0.15, 0.2) is 72.0 Å². The molecule has 0 radical (unpaired) electrons. The van der Waals surface area contributed by atoms with Crippen LogP contribution >= 0.6 is 0 Å². The average Bonchev–Trinajstić information content (AvgIpc) is 2.98. The van der Waals surface area contributed by atoms with E-state index in [0.717, 1.165) is 11.1 Å². The van der Waals surface area contributed by atoms with Crippen LogP contribution in [0.4, 0.5) is 0 Å². The molecule has 0 bridgehead atoms. The highest BCUT2D eigenvalue weighted by Gasteiger charge is 2.42. The van der Waals surface area contributed by atoms with Crippen LogP contribution in [0.2, 0.25) is 0 Å². The number of rotatable bonds is 9. The maximum atomic E-state index is 13.1. The third-order valence-electron chi connectivity index (χ3n) is 4.99. The molecule has 1 N–H and O–H groups in total. The summed E-state index contributed by atoms with van der Waals surface area (Å²) in [5.74, 6) is -1.17. The molecule has 3 rings (SSSR count). The van der Waals surface area contributed by atoms with Gasteiger partial charge in [0.05, 0.1) is 24.3 Å². The van der Waals surface area contributed by atoms with Crippen molar-refractivity contribution in [2.45, 2.75) is 38.8 Å². The Balaban J connectivity index is 1.84. The Labute approximate surface area is 171 Å². The number of carbonyl (C=O) groups is 2. The van der Waals surface area contributed by atoms with Crippen LogP contribution in [-0.2, 0) is 20.7 Å². The largest absolute Gasteiger partial charge is 0.503 e. The molecule has 1 aliphatic rings. The number of carbonyl (C=O) groups excluding carboxylic acids is 2.